The van der Waals surface area contributed by atoms with E-state index in [0.717, 1.165) is 17.8 Å². The van der Waals surface area contributed by atoms with Crippen molar-refractivity contribution >= 4 is 17.6 Å². The van der Waals surface area contributed by atoms with Crippen molar-refractivity contribution in [1.82, 2.24) is 19.7 Å². The van der Waals surface area contributed by atoms with Crippen LogP contribution in [0.5, 0.6) is 0 Å². The van der Waals surface area contributed by atoms with Crippen molar-refractivity contribution in [2.24, 2.45) is 5.73 Å². The van der Waals surface area contributed by atoms with Gasteiger partial charge in [0.25, 0.3) is 5.91 Å². The first kappa shape index (κ1) is 18.9. The molecule has 0 saturated carbocycles. The molecule has 0 aliphatic carbocycles. The molecule has 1 saturated heterocycles. The van der Waals surface area contributed by atoms with Gasteiger partial charge in [-0.1, -0.05) is 6.92 Å². The Balaban J connectivity index is 1.64. The lowest BCUT2D eigenvalue weighted by Crippen LogP contribution is -2.50. The van der Waals surface area contributed by atoms with E-state index >= 15 is 0 Å². The fraction of sp³-hybridized carbons (Fsp3) is 0.474. The highest BCUT2D eigenvalue weighted by Crippen LogP contribution is 2.19. The fourth-order valence-corrected chi connectivity index (χ4v) is 3.64. The van der Waals surface area contributed by atoms with Crippen molar-refractivity contribution in [1.29, 1.82) is 0 Å². The number of aromatic nitrogens is 3. The van der Waals surface area contributed by atoms with Crippen LogP contribution in [0.1, 0.15) is 34.2 Å². The maximum absolute atomic E-state index is 12.7. The fourth-order valence-electron chi connectivity index (χ4n) is 3.64. The predicted octanol–water partition coefficient (Wildman–Crippen LogP) is 0.905. The van der Waals surface area contributed by atoms with E-state index in [1.807, 2.05) is 23.6 Å². The molecule has 3 rings (SSSR count). The number of carbonyl (C=O) groups excluding carboxylic acids is 2. The number of carbonyl (C=O) groups is 2. The lowest BCUT2D eigenvalue weighted by molar-refractivity contribution is -0.132. The zero-order chi connectivity index (χ0) is 19.6. The van der Waals surface area contributed by atoms with Crippen LogP contribution in [0.2, 0.25) is 0 Å². The number of piperazine rings is 1. The summed E-state index contributed by atoms with van der Waals surface area (Å²) in [7, 11) is 0. The van der Waals surface area contributed by atoms with Gasteiger partial charge in [0.2, 0.25) is 5.91 Å². The van der Waals surface area contributed by atoms with Crippen molar-refractivity contribution in [2.45, 2.75) is 33.7 Å². The monoisotopic (exact) mass is 370 g/mol. The van der Waals surface area contributed by atoms with Gasteiger partial charge < -0.3 is 15.5 Å². The highest BCUT2D eigenvalue weighted by Gasteiger charge is 2.25. The summed E-state index contributed by atoms with van der Waals surface area (Å²) in [6, 6.07) is 3.37. The number of hydrogen-bond acceptors (Lipinski definition) is 5. The molecule has 8 heteroatoms. The minimum atomic E-state index is -0.493. The second kappa shape index (κ2) is 7.77. The van der Waals surface area contributed by atoms with Gasteiger partial charge in [-0.25, -0.2) is 4.98 Å². The van der Waals surface area contributed by atoms with Crippen LogP contribution < -0.4 is 10.6 Å². The van der Waals surface area contributed by atoms with Gasteiger partial charge in [-0.15, -0.1) is 0 Å². The summed E-state index contributed by atoms with van der Waals surface area (Å²) < 4.78 is 1.80. The Labute approximate surface area is 159 Å². The number of hydrogen-bond donors (Lipinski definition) is 1. The van der Waals surface area contributed by atoms with Gasteiger partial charge in [-0.05, 0) is 38.0 Å². The Morgan fingerprint density at radius 1 is 1.19 bits per heavy atom. The van der Waals surface area contributed by atoms with E-state index in [2.05, 4.69) is 17.0 Å². The third-order valence-corrected chi connectivity index (χ3v) is 5.15. The number of pyridine rings is 1. The highest BCUT2D eigenvalue weighted by molar-refractivity contribution is 5.97. The standard InChI is InChI=1S/C19H26N6O2/c1-4-15-13(2)22-25(14(15)3)12-17(26)23-8-10-24(11-9-23)19-16(18(20)27)6-5-7-21-19/h5-7H,4,8-12H2,1-3H3,(H2,20,27). The molecule has 0 atom stereocenters. The second-order valence-corrected chi connectivity index (χ2v) is 6.77. The third-order valence-electron chi connectivity index (χ3n) is 5.15. The first-order valence-electron chi connectivity index (χ1n) is 9.22. The number of nitrogens with two attached hydrogens (primary N) is 1. The van der Waals surface area contributed by atoms with Gasteiger partial charge in [-0.3, -0.25) is 14.3 Å². The van der Waals surface area contributed by atoms with E-state index in [0.29, 0.717) is 37.6 Å². The number of anilines is 1. The summed E-state index contributed by atoms with van der Waals surface area (Å²) in [5, 5.41) is 4.51. The maximum Gasteiger partial charge on any atom is 0.252 e. The quantitative estimate of drug-likeness (QED) is 0.843. The molecule has 144 valence electrons. The van der Waals surface area contributed by atoms with Crippen LogP contribution in [0.3, 0.4) is 0 Å². The van der Waals surface area contributed by atoms with Gasteiger partial charge in [0.05, 0.1) is 11.3 Å². The van der Waals surface area contributed by atoms with Gasteiger partial charge >= 0.3 is 0 Å². The molecule has 3 heterocycles. The Morgan fingerprint density at radius 3 is 2.48 bits per heavy atom. The molecule has 2 aromatic rings. The molecule has 0 bridgehead atoms. The molecule has 0 radical (unpaired) electrons. The summed E-state index contributed by atoms with van der Waals surface area (Å²) in [6.45, 7) is 8.72. The predicted molar refractivity (Wildman–Crippen MR) is 103 cm³/mol. The normalized spacial score (nSPS) is 14.5. The van der Waals surface area contributed by atoms with Crippen molar-refractivity contribution in [3.63, 3.8) is 0 Å². The van der Waals surface area contributed by atoms with Gasteiger partial charge in [0.1, 0.15) is 12.4 Å². The Hall–Kier alpha value is -2.90. The molecule has 0 spiro atoms. The minimum Gasteiger partial charge on any atom is -0.365 e. The molecule has 8 nitrogen and oxygen atoms in total. The summed E-state index contributed by atoms with van der Waals surface area (Å²) >= 11 is 0. The minimum absolute atomic E-state index is 0.0547. The van der Waals surface area contributed by atoms with E-state index in [9.17, 15) is 9.59 Å². The summed E-state index contributed by atoms with van der Waals surface area (Å²) in [5.41, 5.74) is 9.11. The smallest absolute Gasteiger partial charge is 0.252 e. The second-order valence-electron chi connectivity index (χ2n) is 6.77. The lowest BCUT2D eigenvalue weighted by atomic mass is 10.1. The Morgan fingerprint density at radius 2 is 1.89 bits per heavy atom. The molecule has 1 fully saturated rings. The number of nitrogens with zero attached hydrogens (tertiary/aromatic N) is 5. The lowest BCUT2D eigenvalue weighted by Gasteiger charge is -2.36. The molecular weight excluding hydrogens is 344 g/mol. The summed E-state index contributed by atoms with van der Waals surface area (Å²) in [5.74, 6) is 0.148. The number of rotatable bonds is 5. The molecule has 2 amide bonds. The zero-order valence-electron chi connectivity index (χ0n) is 16.1. The Kier molecular flexibility index (Phi) is 5.43. The molecule has 1 aliphatic heterocycles. The number of amides is 2. The van der Waals surface area contributed by atoms with Crippen molar-refractivity contribution in [3.8, 4) is 0 Å². The van der Waals surface area contributed by atoms with Crippen LogP contribution >= 0.6 is 0 Å². The molecular formula is C19H26N6O2. The van der Waals surface area contributed by atoms with Crippen molar-refractivity contribution in [3.05, 3.63) is 40.8 Å². The molecule has 0 aromatic carbocycles. The third kappa shape index (κ3) is 3.79. The van der Waals surface area contributed by atoms with Crippen molar-refractivity contribution < 1.29 is 9.59 Å². The van der Waals surface area contributed by atoms with Crippen LogP contribution in [0.25, 0.3) is 0 Å². The summed E-state index contributed by atoms with van der Waals surface area (Å²) in [6.07, 6.45) is 2.56. The number of primary amides is 1. The van der Waals surface area contributed by atoms with E-state index in [1.165, 1.54) is 5.56 Å². The van der Waals surface area contributed by atoms with Crippen LogP contribution in [-0.4, -0.2) is 57.7 Å². The van der Waals surface area contributed by atoms with E-state index in [-0.39, 0.29) is 12.5 Å². The number of aryl methyl sites for hydroxylation is 1. The first-order chi connectivity index (χ1) is 12.9. The topological polar surface area (TPSA) is 97.3 Å². The SMILES string of the molecule is CCc1c(C)nn(CC(=O)N2CCN(c3ncccc3C(N)=O)CC2)c1C. The molecule has 1 aliphatic rings. The van der Waals surface area contributed by atoms with Crippen LogP contribution in [0.4, 0.5) is 5.82 Å². The van der Waals surface area contributed by atoms with Gasteiger partial charge in [-0.2, -0.15) is 5.10 Å². The average Bonchev–Trinajstić information content (AvgIpc) is 2.94. The van der Waals surface area contributed by atoms with E-state index in [1.54, 1.807) is 23.0 Å². The van der Waals surface area contributed by atoms with Gasteiger partial charge in [0, 0.05) is 38.1 Å². The largest absolute Gasteiger partial charge is 0.365 e. The summed E-state index contributed by atoms with van der Waals surface area (Å²) in [4.78, 5) is 32.5. The van der Waals surface area contributed by atoms with Gasteiger partial charge in [0.15, 0.2) is 0 Å². The van der Waals surface area contributed by atoms with Crippen molar-refractivity contribution in [2.75, 3.05) is 31.1 Å². The van der Waals surface area contributed by atoms with E-state index in [4.69, 9.17) is 5.73 Å². The average molecular weight is 370 g/mol. The van der Waals surface area contributed by atoms with Crippen LogP contribution in [0, 0.1) is 13.8 Å². The van der Waals surface area contributed by atoms with Crippen LogP contribution in [-0.2, 0) is 17.8 Å². The maximum atomic E-state index is 12.7. The molecule has 2 aromatic heterocycles. The highest BCUT2D eigenvalue weighted by atomic mass is 16.2. The van der Waals surface area contributed by atoms with E-state index < -0.39 is 5.91 Å². The molecule has 0 unspecified atom stereocenters. The Bertz CT molecular complexity index is 852. The molecule has 2 N–H and O–H groups in total. The van der Waals surface area contributed by atoms with Crippen LogP contribution in [0.15, 0.2) is 18.3 Å². The molecule has 27 heavy (non-hydrogen) atoms. The zero-order valence-corrected chi connectivity index (χ0v) is 16.1. The first-order valence-corrected chi connectivity index (χ1v) is 9.22.